The first-order valence-electron chi connectivity index (χ1n) is 8.87. The van der Waals surface area contributed by atoms with Crippen LogP contribution in [0.25, 0.3) is 21.4 Å². The number of nitrogens with one attached hydrogen (secondary N) is 1. The van der Waals surface area contributed by atoms with Crippen molar-refractivity contribution in [3.63, 3.8) is 0 Å². The summed E-state index contributed by atoms with van der Waals surface area (Å²) >= 11 is 7.00. The summed E-state index contributed by atoms with van der Waals surface area (Å²) in [7, 11) is 0. The second kappa shape index (κ2) is 8.57. The molecule has 0 aliphatic rings. The average Bonchev–Trinajstić information content (AvgIpc) is 3.40. The van der Waals surface area contributed by atoms with Crippen LogP contribution in [-0.2, 0) is 0 Å². The van der Waals surface area contributed by atoms with Gasteiger partial charge in [0.2, 0.25) is 0 Å². The minimum Gasteiger partial charge on any atom is -0.455 e. The molecular formula is C20H11ClN4O6S. The van der Waals surface area contributed by atoms with Crippen molar-refractivity contribution in [2.45, 2.75) is 0 Å². The Labute approximate surface area is 188 Å². The number of nitro groups is 2. The van der Waals surface area contributed by atoms with Crippen LogP contribution in [0.15, 0.2) is 64.1 Å². The molecule has 32 heavy (non-hydrogen) atoms. The van der Waals surface area contributed by atoms with Gasteiger partial charge >= 0.3 is 0 Å². The van der Waals surface area contributed by atoms with Crippen molar-refractivity contribution in [1.29, 1.82) is 0 Å². The summed E-state index contributed by atoms with van der Waals surface area (Å²) in [5.74, 6) is 0.193. The van der Waals surface area contributed by atoms with Gasteiger partial charge in [-0.2, -0.15) is 5.10 Å². The summed E-state index contributed by atoms with van der Waals surface area (Å²) in [5, 5.41) is 26.4. The van der Waals surface area contributed by atoms with Crippen LogP contribution < -0.4 is 5.43 Å². The number of non-ortho nitro benzene ring substituents is 1. The maximum Gasteiger partial charge on any atom is 0.288 e. The minimum absolute atomic E-state index is 0.0191. The SMILES string of the molecule is O=C(N/N=C/c1ccc(-c2ccc(Cl)c([N+](=O)[O-])c2)o1)c1cc2cc([N+](=O)[O-])ccc2s1. The lowest BCUT2D eigenvalue weighted by molar-refractivity contribution is -0.384. The molecule has 0 fully saturated rings. The third-order valence-corrected chi connectivity index (χ3v) is 5.78. The van der Waals surface area contributed by atoms with Gasteiger partial charge in [0.1, 0.15) is 16.5 Å². The van der Waals surface area contributed by atoms with Crippen LogP contribution in [0, 0.1) is 20.2 Å². The van der Waals surface area contributed by atoms with E-state index in [4.69, 9.17) is 16.0 Å². The fourth-order valence-electron chi connectivity index (χ4n) is 2.85. The first-order valence-corrected chi connectivity index (χ1v) is 10.1. The maximum atomic E-state index is 12.3. The van der Waals surface area contributed by atoms with Crippen LogP contribution in [0.3, 0.4) is 0 Å². The number of rotatable bonds is 6. The van der Waals surface area contributed by atoms with Crippen LogP contribution >= 0.6 is 22.9 Å². The molecule has 0 unspecified atom stereocenters. The molecule has 1 amide bonds. The van der Waals surface area contributed by atoms with E-state index >= 15 is 0 Å². The van der Waals surface area contributed by atoms with Gasteiger partial charge in [-0.15, -0.1) is 11.3 Å². The number of thiophene rings is 1. The number of nitro benzene ring substituents is 2. The molecule has 0 bridgehead atoms. The van der Waals surface area contributed by atoms with Crippen LogP contribution in [0.5, 0.6) is 0 Å². The molecule has 10 nitrogen and oxygen atoms in total. The van der Waals surface area contributed by atoms with E-state index in [9.17, 15) is 25.0 Å². The molecule has 0 aliphatic heterocycles. The summed E-state index contributed by atoms with van der Waals surface area (Å²) in [5.41, 5.74) is 2.53. The Morgan fingerprint density at radius 1 is 1.06 bits per heavy atom. The Bertz CT molecular complexity index is 1410. The number of furan rings is 1. The molecule has 0 saturated heterocycles. The van der Waals surface area contributed by atoms with Gasteiger partial charge in [-0.25, -0.2) is 5.43 Å². The summed E-state index contributed by atoms with van der Waals surface area (Å²) in [4.78, 5) is 33.5. The van der Waals surface area contributed by atoms with Crippen LogP contribution in [0.2, 0.25) is 5.02 Å². The number of hydrogen-bond acceptors (Lipinski definition) is 8. The van der Waals surface area contributed by atoms with E-state index < -0.39 is 15.8 Å². The van der Waals surface area contributed by atoms with E-state index in [1.807, 2.05) is 0 Å². The molecule has 2 aromatic carbocycles. The first kappa shape index (κ1) is 21.2. The molecule has 0 radical (unpaired) electrons. The number of nitrogens with zero attached hydrogens (tertiary/aromatic N) is 3. The van der Waals surface area contributed by atoms with E-state index in [0.717, 1.165) is 4.70 Å². The predicted octanol–water partition coefficient (Wildman–Crippen LogP) is 5.40. The maximum absolute atomic E-state index is 12.3. The van der Waals surface area contributed by atoms with Gasteiger partial charge in [0.25, 0.3) is 17.3 Å². The van der Waals surface area contributed by atoms with E-state index in [1.165, 1.54) is 41.8 Å². The molecular weight excluding hydrogens is 460 g/mol. The van der Waals surface area contributed by atoms with Crippen molar-refractivity contribution < 1.29 is 19.1 Å². The van der Waals surface area contributed by atoms with Crippen LogP contribution in [-0.4, -0.2) is 22.0 Å². The number of amides is 1. The van der Waals surface area contributed by atoms with Gasteiger partial charge < -0.3 is 4.42 Å². The summed E-state index contributed by atoms with van der Waals surface area (Å²) < 4.78 is 6.32. The number of hydrazone groups is 1. The number of carbonyl (C=O) groups excluding carboxylic acids is 1. The molecule has 0 spiro atoms. The van der Waals surface area contributed by atoms with Gasteiger partial charge in [-0.3, -0.25) is 25.0 Å². The van der Waals surface area contributed by atoms with Crippen molar-refractivity contribution in [3.8, 4) is 11.3 Å². The largest absolute Gasteiger partial charge is 0.455 e. The Morgan fingerprint density at radius 3 is 2.62 bits per heavy atom. The topological polar surface area (TPSA) is 141 Å². The normalized spacial score (nSPS) is 11.2. The molecule has 2 heterocycles. The molecule has 2 aromatic heterocycles. The fraction of sp³-hybridized carbons (Fsp3) is 0. The Balaban J connectivity index is 1.46. The van der Waals surface area contributed by atoms with Crippen molar-refractivity contribution >= 4 is 56.5 Å². The molecule has 4 rings (SSSR count). The second-order valence-electron chi connectivity index (χ2n) is 6.41. The van der Waals surface area contributed by atoms with E-state index in [0.29, 0.717) is 27.3 Å². The van der Waals surface area contributed by atoms with Crippen molar-refractivity contribution in [3.05, 3.63) is 90.5 Å². The van der Waals surface area contributed by atoms with Crippen molar-refractivity contribution in [2.24, 2.45) is 5.10 Å². The number of halogens is 1. The zero-order valence-corrected chi connectivity index (χ0v) is 17.4. The van der Waals surface area contributed by atoms with E-state index in [1.54, 1.807) is 30.3 Å². The molecule has 0 aliphatic carbocycles. The van der Waals surface area contributed by atoms with Gasteiger partial charge in [-0.1, -0.05) is 11.6 Å². The number of hydrogen-bond donors (Lipinski definition) is 1. The van der Waals surface area contributed by atoms with E-state index in [2.05, 4.69) is 10.5 Å². The van der Waals surface area contributed by atoms with Crippen LogP contribution in [0.4, 0.5) is 11.4 Å². The Morgan fingerprint density at radius 2 is 1.88 bits per heavy atom. The zero-order valence-electron chi connectivity index (χ0n) is 15.9. The van der Waals surface area contributed by atoms with Gasteiger partial charge in [-0.05, 0) is 36.4 Å². The predicted molar refractivity (Wildman–Crippen MR) is 119 cm³/mol. The second-order valence-corrected chi connectivity index (χ2v) is 7.91. The number of benzene rings is 2. The Hall–Kier alpha value is -4.09. The lowest BCUT2D eigenvalue weighted by atomic mass is 10.1. The highest BCUT2D eigenvalue weighted by molar-refractivity contribution is 7.20. The van der Waals surface area contributed by atoms with E-state index in [-0.39, 0.29) is 16.4 Å². The van der Waals surface area contributed by atoms with Crippen molar-refractivity contribution in [1.82, 2.24) is 5.43 Å². The van der Waals surface area contributed by atoms with Crippen molar-refractivity contribution in [2.75, 3.05) is 0 Å². The smallest absolute Gasteiger partial charge is 0.288 e. The Kier molecular flexibility index (Phi) is 5.67. The van der Waals surface area contributed by atoms with Gasteiger partial charge in [0.15, 0.2) is 0 Å². The molecule has 1 N–H and O–H groups in total. The highest BCUT2D eigenvalue weighted by atomic mass is 35.5. The summed E-state index contributed by atoms with van der Waals surface area (Å²) in [6.45, 7) is 0. The minimum atomic E-state index is -0.584. The number of carbonyl (C=O) groups is 1. The summed E-state index contributed by atoms with van der Waals surface area (Å²) in [6, 6.07) is 13.4. The standard InChI is InChI=1S/C20H11ClN4O6S/c21-15-4-1-11(8-16(15)25(29)30)17-5-3-14(31-17)10-22-23-20(26)19-9-12-7-13(24(27)28)2-6-18(12)32-19/h1-10H,(H,23,26)/b22-10+. The lowest BCUT2D eigenvalue weighted by Crippen LogP contribution is -2.15. The highest BCUT2D eigenvalue weighted by Crippen LogP contribution is 2.31. The monoisotopic (exact) mass is 470 g/mol. The molecule has 0 saturated carbocycles. The third-order valence-electron chi connectivity index (χ3n) is 4.35. The number of fused-ring (bicyclic) bond motifs is 1. The first-order chi connectivity index (χ1) is 15.3. The highest BCUT2D eigenvalue weighted by Gasteiger charge is 2.15. The van der Waals surface area contributed by atoms with Crippen LogP contribution in [0.1, 0.15) is 15.4 Å². The molecule has 0 atom stereocenters. The average molecular weight is 471 g/mol. The summed E-state index contributed by atoms with van der Waals surface area (Å²) in [6.07, 6.45) is 1.28. The fourth-order valence-corrected chi connectivity index (χ4v) is 3.97. The molecule has 4 aromatic rings. The van der Waals surface area contributed by atoms with Gasteiger partial charge in [0, 0.05) is 33.8 Å². The van der Waals surface area contributed by atoms with Gasteiger partial charge in [0.05, 0.1) is 20.9 Å². The molecule has 160 valence electrons. The zero-order chi connectivity index (χ0) is 22.8. The molecule has 12 heteroatoms. The lowest BCUT2D eigenvalue weighted by Gasteiger charge is -1.99. The third kappa shape index (κ3) is 4.33. The quantitative estimate of drug-likeness (QED) is 0.227.